The molecule has 2 aliphatic carbocycles. The van der Waals surface area contributed by atoms with E-state index in [1.807, 2.05) is 6.07 Å². The summed E-state index contributed by atoms with van der Waals surface area (Å²) in [5, 5.41) is 21.3. The van der Waals surface area contributed by atoms with Crippen molar-refractivity contribution in [1.29, 1.82) is 5.26 Å². The van der Waals surface area contributed by atoms with Gasteiger partial charge in [0.15, 0.2) is 5.79 Å². The molecule has 0 unspecified atom stereocenters. The second-order valence-electron chi connectivity index (χ2n) is 9.01. The molecule has 1 aromatic rings. The first-order chi connectivity index (χ1) is 14.2. The molecular formula is C23H26N2O4. The maximum absolute atomic E-state index is 10.9. The molecule has 29 heavy (non-hydrogen) atoms. The van der Waals surface area contributed by atoms with Crippen molar-refractivity contribution in [2.75, 3.05) is 31.2 Å². The zero-order valence-corrected chi connectivity index (χ0v) is 16.5. The van der Waals surface area contributed by atoms with Crippen molar-refractivity contribution in [3.8, 4) is 11.8 Å². The SMILES string of the molecule is N#C[C@]12CCC3(OCCO3)C3=CO[C@H](Cc4cc(N5CCCCC5)c(O)cc41)[C@@H]32. The van der Waals surface area contributed by atoms with E-state index < -0.39 is 11.2 Å². The molecule has 1 spiro atoms. The predicted octanol–water partition coefficient (Wildman–Crippen LogP) is 3.14. The Hall–Kier alpha value is -2.23. The average Bonchev–Trinajstić information content (AvgIpc) is 3.40. The summed E-state index contributed by atoms with van der Waals surface area (Å²) in [7, 11) is 0. The van der Waals surface area contributed by atoms with Gasteiger partial charge in [-0.3, -0.25) is 0 Å². The van der Waals surface area contributed by atoms with Crippen molar-refractivity contribution in [1.82, 2.24) is 0 Å². The van der Waals surface area contributed by atoms with Gasteiger partial charge in [-0.05, 0) is 48.9 Å². The number of phenols is 1. The van der Waals surface area contributed by atoms with Crippen LogP contribution >= 0.6 is 0 Å². The molecule has 2 saturated heterocycles. The number of nitrogens with zero attached hydrogens (tertiary/aromatic N) is 2. The summed E-state index contributed by atoms with van der Waals surface area (Å²) in [4.78, 5) is 2.28. The van der Waals surface area contributed by atoms with E-state index in [-0.39, 0.29) is 17.8 Å². The van der Waals surface area contributed by atoms with Gasteiger partial charge < -0.3 is 24.2 Å². The van der Waals surface area contributed by atoms with Crippen LogP contribution in [0, 0.1) is 17.2 Å². The molecule has 3 heterocycles. The van der Waals surface area contributed by atoms with Crippen molar-refractivity contribution in [2.45, 2.75) is 55.8 Å². The summed E-state index contributed by atoms with van der Waals surface area (Å²) in [6.45, 7) is 3.10. The average molecular weight is 394 g/mol. The molecule has 3 fully saturated rings. The molecule has 0 aromatic heterocycles. The number of hydrogen-bond acceptors (Lipinski definition) is 6. The fourth-order valence-corrected chi connectivity index (χ4v) is 6.31. The second-order valence-corrected chi connectivity index (χ2v) is 9.01. The van der Waals surface area contributed by atoms with E-state index in [2.05, 4.69) is 17.0 Å². The summed E-state index contributed by atoms with van der Waals surface area (Å²) in [5.74, 6) is -0.531. The Balaban J connectivity index is 1.45. The second kappa shape index (κ2) is 6.13. The molecule has 5 aliphatic rings. The summed E-state index contributed by atoms with van der Waals surface area (Å²) in [6.07, 6.45) is 7.28. The van der Waals surface area contributed by atoms with Gasteiger partial charge in [-0.1, -0.05) is 0 Å². The first kappa shape index (κ1) is 17.6. The van der Waals surface area contributed by atoms with Crippen LogP contribution in [0.3, 0.4) is 0 Å². The van der Waals surface area contributed by atoms with Crippen LogP contribution in [-0.4, -0.2) is 43.3 Å². The number of ether oxygens (including phenoxy) is 3. The number of hydrogen-bond donors (Lipinski definition) is 1. The van der Waals surface area contributed by atoms with E-state index in [0.717, 1.165) is 54.7 Å². The van der Waals surface area contributed by atoms with E-state index in [4.69, 9.17) is 14.2 Å². The molecule has 0 bridgehead atoms. The van der Waals surface area contributed by atoms with E-state index in [1.54, 1.807) is 6.26 Å². The fraction of sp³-hybridized carbons (Fsp3) is 0.609. The van der Waals surface area contributed by atoms with Crippen LogP contribution in [0.1, 0.15) is 43.2 Å². The number of aromatic hydroxyl groups is 1. The number of benzene rings is 1. The molecule has 0 radical (unpaired) electrons. The normalized spacial score (nSPS) is 34.2. The van der Waals surface area contributed by atoms with Gasteiger partial charge >= 0.3 is 0 Å². The third-order valence-corrected chi connectivity index (χ3v) is 7.65. The largest absolute Gasteiger partial charge is 0.506 e. The number of fused-ring (bicyclic) bond motifs is 3. The minimum absolute atomic E-state index is 0.0825. The Bertz CT molecular complexity index is 924. The lowest BCUT2D eigenvalue weighted by molar-refractivity contribution is -0.154. The van der Waals surface area contributed by atoms with E-state index in [1.165, 1.54) is 6.42 Å². The molecule has 0 amide bonds. The monoisotopic (exact) mass is 394 g/mol. The number of piperidine rings is 1. The van der Waals surface area contributed by atoms with Crippen LogP contribution in [0.15, 0.2) is 24.0 Å². The highest BCUT2D eigenvalue weighted by molar-refractivity contribution is 5.65. The smallest absolute Gasteiger partial charge is 0.194 e. The summed E-state index contributed by atoms with van der Waals surface area (Å²) >= 11 is 0. The van der Waals surface area contributed by atoms with Crippen LogP contribution in [0.2, 0.25) is 0 Å². The Morgan fingerprint density at radius 3 is 2.66 bits per heavy atom. The zero-order valence-electron chi connectivity index (χ0n) is 16.5. The molecule has 3 aliphatic heterocycles. The molecule has 6 rings (SSSR count). The zero-order chi connectivity index (χ0) is 19.6. The highest BCUT2D eigenvalue weighted by atomic mass is 16.7. The van der Waals surface area contributed by atoms with Crippen LogP contribution in [0.25, 0.3) is 0 Å². The topological polar surface area (TPSA) is 75.0 Å². The van der Waals surface area contributed by atoms with Gasteiger partial charge in [0, 0.05) is 37.4 Å². The molecular weight excluding hydrogens is 368 g/mol. The molecule has 1 saturated carbocycles. The third kappa shape index (κ3) is 2.29. The molecule has 3 atom stereocenters. The fourth-order valence-electron chi connectivity index (χ4n) is 6.31. The lowest BCUT2D eigenvalue weighted by Gasteiger charge is -2.49. The van der Waals surface area contributed by atoms with E-state index in [9.17, 15) is 10.4 Å². The number of phenolic OH excluding ortho intramolecular Hbond substituents is 1. The van der Waals surface area contributed by atoms with Gasteiger partial charge in [0.2, 0.25) is 0 Å². The number of nitriles is 1. The Morgan fingerprint density at radius 1 is 1.10 bits per heavy atom. The molecule has 1 aromatic carbocycles. The quantitative estimate of drug-likeness (QED) is 0.789. The highest BCUT2D eigenvalue weighted by Crippen LogP contribution is 2.60. The minimum Gasteiger partial charge on any atom is -0.506 e. The predicted molar refractivity (Wildman–Crippen MR) is 105 cm³/mol. The molecule has 6 nitrogen and oxygen atoms in total. The maximum atomic E-state index is 10.9. The highest BCUT2D eigenvalue weighted by Gasteiger charge is 2.63. The first-order valence-corrected chi connectivity index (χ1v) is 10.8. The van der Waals surface area contributed by atoms with Crippen LogP contribution in [0.4, 0.5) is 5.69 Å². The van der Waals surface area contributed by atoms with Gasteiger partial charge in [0.1, 0.15) is 11.9 Å². The molecule has 152 valence electrons. The minimum atomic E-state index is -0.729. The first-order valence-electron chi connectivity index (χ1n) is 10.8. The van der Waals surface area contributed by atoms with Gasteiger partial charge in [0.05, 0.1) is 36.6 Å². The van der Waals surface area contributed by atoms with Crippen LogP contribution < -0.4 is 4.90 Å². The van der Waals surface area contributed by atoms with Gasteiger partial charge in [-0.2, -0.15) is 5.26 Å². The van der Waals surface area contributed by atoms with Gasteiger partial charge in [-0.15, -0.1) is 0 Å². The number of anilines is 1. The van der Waals surface area contributed by atoms with Crippen molar-refractivity contribution in [3.63, 3.8) is 0 Å². The van der Waals surface area contributed by atoms with Crippen molar-refractivity contribution >= 4 is 5.69 Å². The number of rotatable bonds is 1. The van der Waals surface area contributed by atoms with Crippen LogP contribution in [-0.2, 0) is 26.0 Å². The summed E-state index contributed by atoms with van der Waals surface area (Å²) in [6, 6.07) is 6.63. The summed E-state index contributed by atoms with van der Waals surface area (Å²) < 4.78 is 18.2. The van der Waals surface area contributed by atoms with Crippen molar-refractivity contribution < 1.29 is 19.3 Å². The van der Waals surface area contributed by atoms with Crippen molar-refractivity contribution in [3.05, 3.63) is 35.1 Å². The molecule has 1 N–H and O–H groups in total. The standard InChI is InChI=1S/C23H26N2O4/c24-14-22-4-5-23(28-8-9-29-23)17-13-27-20(21(17)22)11-15-10-18(19(26)12-16(15)22)25-6-2-1-3-7-25/h10,12-13,20-21,26H,1-9,11H2/t20-,21-,22-/m1/s1. The van der Waals surface area contributed by atoms with Gasteiger partial charge in [0.25, 0.3) is 0 Å². The van der Waals surface area contributed by atoms with Gasteiger partial charge in [-0.25, -0.2) is 0 Å². The van der Waals surface area contributed by atoms with Crippen molar-refractivity contribution in [2.24, 2.45) is 5.92 Å². The van der Waals surface area contributed by atoms with E-state index in [0.29, 0.717) is 26.1 Å². The lowest BCUT2D eigenvalue weighted by atomic mass is 9.54. The third-order valence-electron chi connectivity index (χ3n) is 7.65. The lowest BCUT2D eigenvalue weighted by Crippen LogP contribution is -2.54. The Labute approximate surface area is 170 Å². The Kier molecular flexibility index (Phi) is 3.73. The Morgan fingerprint density at radius 2 is 1.90 bits per heavy atom. The molecule has 6 heteroatoms. The van der Waals surface area contributed by atoms with E-state index >= 15 is 0 Å². The van der Waals surface area contributed by atoms with Crippen LogP contribution in [0.5, 0.6) is 5.75 Å². The summed E-state index contributed by atoms with van der Waals surface area (Å²) in [5.41, 5.74) is 3.25. The maximum Gasteiger partial charge on any atom is 0.194 e.